The van der Waals surface area contributed by atoms with Crippen molar-refractivity contribution in [2.24, 2.45) is 0 Å². The molecule has 0 bridgehead atoms. The summed E-state index contributed by atoms with van der Waals surface area (Å²) in [7, 11) is 0. The molecule has 2 aromatic rings. The molecule has 5 heteroatoms. The molecule has 2 rings (SSSR count). The van der Waals surface area contributed by atoms with Crippen LogP contribution in [0.2, 0.25) is 0 Å². The first kappa shape index (κ1) is 14.2. The van der Waals surface area contributed by atoms with E-state index in [1.165, 1.54) is 5.01 Å². The second-order valence-corrected chi connectivity index (χ2v) is 5.89. The smallest absolute Gasteiger partial charge is 0.105 e. The Morgan fingerprint density at radius 3 is 2.89 bits per heavy atom. The molecule has 0 saturated heterocycles. The van der Waals surface area contributed by atoms with Gasteiger partial charge in [-0.05, 0) is 27.2 Å². The van der Waals surface area contributed by atoms with Crippen LogP contribution in [0, 0.1) is 13.8 Å². The lowest BCUT2D eigenvalue weighted by molar-refractivity contribution is 0.475. The van der Waals surface area contributed by atoms with Crippen molar-refractivity contribution >= 4 is 11.3 Å². The average molecular weight is 278 g/mol. The van der Waals surface area contributed by atoms with Gasteiger partial charge in [-0.1, -0.05) is 0 Å². The molecule has 0 aliphatic heterocycles. The summed E-state index contributed by atoms with van der Waals surface area (Å²) in [5.41, 5.74) is 1.13. The highest BCUT2D eigenvalue weighted by molar-refractivity contribution is 7.09. The van der Waals surface area contributed by atoms with Gasteiger partial charge in [0.05, 0.1) is 5.01 Å². The van der Waals surface area contributed by atoms with Crippen LogP contribution in [-0.2, 0) is 13.0 Å². The third-order valence-electron chi connectivity index (χ3n) is 3.22. The van der Waals surface area contributed by atoms with E-state index < -0.39 is 0 Å². The van der Waals surface area contributed by atoms with E-state index in [9.17, 15) is 0 Å². The molecule has 0 aliphatic rings. The van der Waals surface area contributed by atoms with Gasteiger partial charge in [0.25, 0.3) is 0 Å². The number of rotatable bonds is 7. The van der Waals surface area contributed by atoms with E-state index >= 15 is 0 Å². The van der Waals surface area contributed by atoms with Gasteiger partial charge in [0.1, 0.15) is 5.82 Å². The molecule has 0 aliphatic carbocycles. The molecule has 0 amide bonds. The number of thiazole rings is 1. The highest BCUT2D eigenvalue weighted by Crippen LogP contribution is 2.08. The number of imidazole rings is 1. The minimum absolute atomic E-state index is 0.517. The molecule has 2 aromatic heterocycles. The Morgan fingerprint density at radius 1 is 1.42 bits per heavy atom. The van der Waals surface area contributed by atoms with Crippen LogP contribution in [0.3, 0.4) is 0 Å². The number of nitrogens with one attached hydrogen (secondary N) is 1. The van der Waals surface area contributed by atoms with Crippen molar-refractivity contribution in [1.82, 2.24) is 19.9 Å². The van der Waals surface area contributed by atoms with E-state index in [1.807, 2.05) is 26.2 Å². The second kappa shape index (κ2) is 6.82. The Labute approximate surface area is 118 Å². The third-order valence-corrected chi connectivity index (χ3v) is 4.25. The van der Waals surface area contributed by atoms with E-state index in [2.05, 4.69) is 32.2 Å². The van der Waals surface area contributed by atoms with Crippen molar-refractivity contribution in [3.63, 3.8) is 0 Å². The maximum atomic E-state index is 4.47. The molecule has 1 N–H and O–H groups in total. The molecule has 2 heterocycles. The molecule has 0 radical (unpaired) electrons. The number of hydrogen-bond donors (Lipinski definition) is 1. The topological polar surface area (TPSA) is 42.7 Å². The fourth-order valence-electron chi connectivity index (χ4n) is 2.02. The van der Waals surface area contributed by atoms with E-state index in [0.29, 0.717) is 6.04 Å². The van der Waals surface area contributed by atoms with Gasteiger partial charge >= 0.3 is 0 Å². The monoisotopic (exact) mass is 278 g/mol. The first-order valence-electron chi connectivity index (χ1n) is 6.77. The van der Waals surface area contributed by atoms with E-state index in [1.54, 1.807) is 11.3 Å². The average Bonchev–Trinajstić information content (AvgIpc) is 2.96. The Kier molecular flexibility index (Phi) is 5.10. The first-order chi connectivity index (χ1) is 9.15. The normalized spacial score (nSPS) is 12.8. The van der Waals surface area contributed by atoms with Crippen molar-refractivity contribution in [3.05, 3.63) is 34.3 Å². The SMILES string of the molecule is Cc1csc(CCN[C@@H](C)CCn2ccnc2C)n1. The summed E-state index contributed by atoms with van der Waals surface area (Å²) in [5, 5.41) is 6.89. The van der Waals surface area contributed by atoms with Gasteiger partial charge in [0, 0.05) is 49.0 Å². The summed E-state index contributed by atoms with van der Waals surface area (Å²) in [6.45, 7) is 8.35. The number of nitrogens with zero attached hydrogens (tertiary/aromatic N) is 3. The van der Waals surface area contributed by atoms with Crippen LogP contribution in [0.1, 0.15) is 29.9 Å². The molecular formula is C14H22N4S. The summed E-state index contributed by atoms with van der Waals surface area (Å²) in [4.78, 5) is 8.71. The van der Waals surface area contributed by atoms with Crippen LogP contribution in [0.4, 0.5) is 0 Å². The molecule has 19 heavy (non-hydrogen) atoms. The summed E-state index contributed by atoms with van der Waals surface area (Å²) >= 11 is 1.75. The third kappa shape index (κ3) is 4.44. The summed E-state index contributed by atoms with van der Waals surface area (Å²) < 4.78 is 2.20. The Balaban J connectivity index is 1.64. The Hall–Kier alpha value is -1.20. The number of aromatic nitrogens is 3. The molecule has 0 unspecified atom stereocenters. The van der Waals surface area contributed by atoms with Gasteiger partial charge in [-0.25, -0.2) is 9.97 Å². The zero-order valence-electron chi connectivity index (χ0n) is 11.9. The molecule has 0 spiro atoms. The Morgan fingerprint density at radius 2 is 2.26 bits per heavy atom. The van der Waals surface area contributed by atoms with Crippen LogP contribution in [0.5, 0.6) is 0 Å². The van der Waals surface area contributed by atoms with Gasteiger partial charge in [-0.15, -0.1) is 11.3 Å². The molecule has 0 fully saturated rings. The highest BCUT2D eigenvalue weighted by Gasteiger charge is 2.04. The maximum Gasteiger partial charge on any atom is 0.105 e. The van der Waals surface area contributed by atoms with Crippen LogP contribution in [0.25, 0.3) is 0 Å². The molecular weight excluding hydrogens is 256 g/mol. The molecule has 1 atom stereocenters. The lowest BCUT2D eigenvalue weighted by Crippen LogP contribution is -2.29. The van der Waals surface area contributed by atoms with Crippen molar-refractivity contribution in [1.29, 1.82) is 0 Å². The van der Waals surface area contributed by atoms with Gasteiger partial charge in [0.15, 0.2) is 0 Å². The minimum Gasteiger partial charge on any atom is -0.335 e. The van der Waals surface area contributed by atoms with Crippen LogP contribution < -0.4 is 5.32 Å². The highest BCUT2D eigenvalue weighted by atomic mass is 32.1. The summed E-state index contributed by atoms with van der Waals surface area (Å²) in [6, 6.07) is 0.517. The van der Waals surface area contributed by atoms with Crippen molar-refractivity contribution in [2.75, 3.05) is 6.54 Å². The van der Waals surface area contributed by atoms with Gasteiger partial charge in [-0.2, -0.15) is 0 Å². The zero-order valence-corrected chi connectivity index (χ0v) is 12.7. The van der Waals surface area contributed by atoms with Crippen molar-refractivity contribution < 1.29 is 0 Å². The fourth-order valence-corrected chi connectivity index (χ4v) is 2.79. The summed E-state index contributed by atoms with van der Waals surface area (Å²) in [5.74, 6) is 1.09. The van der Waals surface area contributed by atoms with Gasteiger partial charge in [-0.3, -0.25) is 0 Å². The Bertz CT molecular complexity index is 503. The minimum atomic E-state index is 0.517. The molecule has 0 saturated carbocycles. The predicted octanol–water partition coefficient (Wildman–Crippen LogP) is 2.57. The van der Waals surface area contributed by atoms with E-state index in [-0.39, 0.29) is 0 Å². The number of hydrogen-bond acceptors (Lipinski definition) is 4. The second-order valence-electron chi connectivity index (χ2n) is 4.94. The van der Waals surface area contributed by atoms with Crippen molar-refractivity contribution in [2.45, 2.75) is 46.2 Å². The standard InChI is InChI=1S/C14H22N4S/c1-11(5-8-18-9-7-16-13(18)3)15-6-4-14-17-12(2)10-19-14/h7,9-11,15H,4-6,8H2,1-3H3/t11-/m0/s1. The molecule has 0 aromatic carbocycles. The number of aryl methyl sites for hydroxylation is 3. The quantitative estimate of drug-likeness (QED) is 0.846. The zero-order chi connectivity index (χ0) is 13.7. The molecule has 4 nitrogen and oxygen atoms in total. The van der Waals surface area contributed by atoms with Gasteiger partial charge < -0.3 is 9.88 Å². The molecule has 104 valence electrons. The lowest BCUT2D eigenvalue weighted by Gasteiger charge is -2.14. The van der Waals surface area contributed by atoms with E-state index in [4.69, 9.17) is 0 Å². The van der Waals surface area contributed by atoms with Crippen LogP contribution in [0.15, 0.2) is 17.8 Å². The van der Waals surface area contributed by atoms with Gasteiger partial charge in [0.2, 0.25) is 0 Å². The fraction of sp³-hybridized carbons (Fsp3) is 0.571. The first-order valence-corrected chi connectivity index (χ1v) is 7.65. The maximum absolute atomic E-state index is 4.47. The van der Waals surface area contributed by atoms with E-state index in [0.717, 1.165) is 37.4 Å². The van der Waals surface area contributed by atoms with Crippen LogP contribution in [-0.4, -0.2) is 27.1 Å². The summed E-state index contributed by atoms with van der Waals surface area (Å²) in [6.07, 6.45) is 6.04. The lowest BCUT2D eigenvalue weighted by atomic mass is 10.2. The predicted molar refractivity (Wildman–Crippen MR) is 79.6 cm³/mol. The largest absolute Gasteiger partial charge is 0.335 e. The van der Waals surface area contributed by atoms with Crippen molar-refractivity contribution in [3.8, 4) is 0 Å². The van der Waals surface area contributed by atoms with Crippen LogP contribution >= 0.6 is 11.3 Å².